The number of halogens is 2. The van der Waals surface area contributed by atoms with Gasteiger partial charge < -0.3 is 5.32 Å². The van der Waals surface area contributed by atoms with Crippen molar-refractivity contribution in [3.8, 4) is 0 Å². The number of nitrogens with zero attached hydrogens (tertiary/aromatic N) is 1. The Morgan fingerprint density at radius 2 is 1.91 bits per heavy atom. The molecule has 3 rings (SSSR count). The topological polar surface area (TPSA) is 66.5 Å². The van der Waals surface area contributed by atoms with Gasteiger partial charge in [-0.05, 0) is 50.3 Å². The van der Waals surface area contributed by atoms with E-state index in [9.17, 15) is 22.0 Å². The van der Waals surface area contributed by atoms with Gasteiger partial charge in [-0.15, -0.1) is 0 Å². The standard InChI is InChI=1S/C15H18F2N2O3S/c1-9-7-12(17)14(8-11(9)16)23(21,22)19-6-2-3-13(19)15(20)18-10-4-5-10/h7-8,10,13H,2-6H2,1H3,(H,18,20). The number of benzene rings is 1. The van der Waals surface area contributed by atoms with Gasteiger partial charge in [0.15, 0.2) is 0 Å². The van der Waals surface area contributed by atoms with Crippen LogP contribution in [0.4, 0.5) is 8.78 Å². The fourth-order valence-electron chi connectivity index (χ4n) is 2.77. The second kappa shape index (κ2) is 5.83. The van der Waals surface area contributed by atoms with E-state index in [1.165, 1.54) is 6.92 Å². The Kier molecular flexibility index (Phi) is 4.14. The van der Waals surface area contributed by atoms with Crippen LogP contribution in [0, 0.1) is 18.6 Å². The Morgan fingerprint density at radius 1 is 1.22 bits per heavy atom. The average molecular weight is 344 g/mol. The molecule has 1 aliphatic carbocycles. The number of hydrogen-bond donors (Lipinski definition) is 1. The molecule has 2 aliphatic rings. The van der Waals surface area contributed by atoms with Gasteiger partial charge in [0, 0.05) is 12.6 Å². The van der Waals surface area contributed by atoms with Crippen LogP contribution < -0.4 is 5.32 Å². The molecule has 1 heterocycles. The molecule has 1 saturated carbocycles. The van der Waals surface area contributed by atoms with Gasteiger partial charge in [-0.2, -0.15) is 4.31 Å². The molecule has 8 heteroatoms. The maximum atomic E-state index is 14.1. The van der Waals surface area contributed by atoms with Crippen LogP contribution in [0.2, 0.25) is 0 Å². The summed E-state index contributed by atoms with van der Waals surface area (Å²) in [5, 5.41) is 2.77. The molecule has 0 bridgehead atoms. The summed E-state index contributed by atoms with van der Waals surface area (Å²) in [5.74, 6) is -2.15. The highest BCUT2D eigenvalue weighted by molar-refractivity contribution is 7.89. The van der Waals surface area contributed by atoms with E-state index >= 15 is 0 Å². The van der Waals surface area contributed by atoms with Crippen molar-refractivity contribution < 1.29 is 22.0 Å². The van der Waals surface area contributed by atoms with Crippen LogP contribution in [0.25, 0.3) is 0 Å². The highest BCUT2D eigenvalue weighted by Gasteiger charge is 2.41. The summed E-state index contributed by atoms with van der Waals surface area (Å²) in [4.78, 5) is 11.5. The largest absolute Gasteiger partial charge is 0.352 e. The van der Waals surface area contributed by atoms with E-state index in [0.717, 1.165) is 23.2 Å². The molecule has 126 valence electrons. The second-order valence-corrected chi connectivity index (χ2v) is 7.95. The molecule has 5 nitrogen and oxygen atoms in total. The molecule has 1 N–H and O–H groups in total. The van der Waals surface area contributed by atoms with E-state index in [4.69, 9.17) is 0 Å². The molecule has 1 unspecified atom stereocenters. The fraction of sp³-hybridized carbons (Fsp3) is 0.533. The van der Waals surface area contributed by atoms with Crippen molar-refractivity contribution >= 4 is 15.9 Å². The van der Waals surface area contributed by atoms with E-state index in [-0.39, 0.29) is 24.1 Å². The molecule has 0 spiro atoms. The highest BCUT2D eigenvalue weighted by atomic mass is 32.2. The summed E-state index contributed by atoms with van der Waals surface area (Å²) in [6.07, 6.45) is 2.68. The van der Waals surface area contributed by atoms with Gasteiger partial charge in [0.05, 0.1) is 0 Å². The van der Waals surface area contributed by atoms with E-state index < -0.39 is 32.6 Å². The normalized spacial score (nSPS) is 22.3. The lowest BCUT2D eigenvalue weighted by molar-refractivity contribution is -0.124. The zero-order valence-electron chi connectivity index (χ0n) is 12.7. The average Bonchev–Trinajstić information content (AvgIpc) is 3.14. The summed E-state index contributed by atoms with van der Waals surface area (Å²) in [7, 11) is -4.26. The number of nitrogens with one attached hydrogen (secondary N) is 1. The van der Waals surface area contributed by atoms with Crippen molar-refractivity contribution in [3.05, 3.63) is 29.3 Å². The molecule has 1 amide bonds. The van der Waals surface area contributed by atoms with Gasteiger partial charge in [-0.25, -0.2) is 17.2 Å². The number of hydrogen-bond acceptors (Lipinski definition) is 3. The minimum Gasteiger partial charge on any atom is -0.352 e. The number of aryl methyl sites for hydroxylation is 1. The zero-order chi connectivity index (χ0) is 16.8. The highest BCUT2D eigenvalue weighted by Crippen LogP contribution is 2.29. The van der Waals surface area contributed by atoms with Crippen molar-refractivity contribution in [2.45, 2.75) is 49.6 Å². The van der Waals surface area contributed by atoms with Crippen molar-refractivity contribution in [2.24, 2.45) is 0 Å². The first-order valence-corrected chi connectivity index (χ1v) is 9.02. The van der Waals surface area contributed by atoms with Crippen LogP contribution in [0.5, 0.6) is 0 Å². The summed E-state index contributed by atoms with van der Waals surface area (Å²) in [6, 6.07) is 0.803. The Morgan fingerprint density at radius 3 is 2.57 bits per heavy atom. The summed E-state index contributed by atoms with van der Waals surface area (Å²) in [5.41, 5.74) is 0.0332. The van der Waals surface area contributed by atoms with Crippen molar-refractivity contribution in [1.82, 2.24) is 9.62 Å². The lowest BCUT2D eigenvalue weighted by Gasteiger charge is -2.23. The third-order valence-electron chi connectivity index (χ3n) is 4.23. The first-order chi connectivity index (χ1) is 10.8. The van der Waals surface area contributed by atoms with Crippen molar-refractivity contribution in [3.63, 3.8) is 0 Å². The van der Waals surface area contributed by atoms with E-state index in [1.807, 2.05) is 0 Å². The fourth-order valence-corrected chi connectivity index (χ4v) is 4.48. The molecule has 1 aromatic carbocycles. The van der Waals surface area contributed by atoms with Crippen LogP contribution in [-0.4, -0.2) is 37.3 Å². The number of sulfonamides is 1. The monoisotopic (exact) mass is 344 g/mol. The molecule has 0 aromatic heterocycles. The Labute approximate surface area is 133 Å². The maximum Gasteiger partial charge on any atom is 0.246 e. The van der Waals surface area contributed by atoms with Gasteiger partial charge >= 0.3 is 0 Å². The molecule has 1 aromatic rings. The minimum atomic E-state index is -4.26. The predicted octanol–water partition coefficient (Wildman–Crippen LogP) is 1.70. The van der Waals surface area contributed by atoms with Crippen molar-refractivity contribution in [1.29, 1.82) is 0 Å². The molecule has 1 atom stereocenters. The first kappa shape index (κ1) is 16.3. The van der Waals surface area contributed by atoms with Gasteiger partial charge in [0.25, 0.3) is 0 Å². The van der Waals surface area contributed by atoms with Crippen LogP contribution >= 0.6 is 0 Å². The van der Waals surface area contributed by atoms with Crippen molar-refractivity contribution in [2.75, 3.05) is 6.54 Å². The Hall–Kier alpha value is -1.54. The molecular weight excluding hydrogens is 326 g/mol. The van der Waals surface area contributed by atoms with Gasteiger partial charge in [-0.3, -0.25) is 4.79 Å². The third kappa shape index (κ3) is 3.10. The number of carbonyl (C=O) groups is 1. The molecule has 23 heavy (non-hydrogen) atoms. The van der Waals surface area contributed by atoms with Gasteiger partial charge in [0.1, 0.15) is 22.6 Å². The number of rotatable bonds is 4. The molecule has 1 aliphatic heterocycles. The second-order valence-electron chi connectivity index (χ2n) is 6.09. The van der Waals surface area contributed by atoms with Gasteiger partial charge in [0.2, 0.25) is 15.9 Å². The van der Waals surface area contributed by atoms with Crippen LogP contribution in [0.15, 0.2) is 17.0 Å². The smallest absolute Gasteiger partial charge is 0.246 e. The van der Waals surface area contributed by atoms with E-state index in [1.54, 1.807) is 0 Å². The van der Waals surface area contributed by atoms with E-state index in [2.05, 4.69) is 5.32 Å². The maximum absolute atomic E-state index is 14.1. The van der Waals surface area contributed by atoms with Crippen LogP contribution in [-0.2, 0) is 14.8 Å². The minimum absolute atomic E-state index is 0.0332. The Balaban J connectivity index is 1.91. The quantitative estimate of drug-likeness (QED) is 0.904. The van der Waals surface area contributed by atoms with Crippen LogP contribution in [0.3, 0.4) is 0 Å². The van der Waals surface area contributed by atoms with E-state index in [0.29, 0.717) is 18.9 Å². The number of carbonyl (C=O) groups excluding carboxylic acids is 1. The molecule has 0 radical (unpaired) electrons. The lowest BCUT2D eigenvalue weighted by atomic mass is 10.2. The van der Waals surface area contributed by atoms with Gasteiger partial charge in [-0.1, -0.05) is 0 Å². The lowest BCUT2D eigenvalue weighted by Crippen LogP contribution is -2.46. The van der Waals surface area contributed by atoms with Crippen LogP contribution in [0.1, 0.15) is 31.2 Å². The molecule has 1 saturated heterocycles. The summed E-state index contributed by atoms with van der Waals surface area (Å²) >= 11 is 0. The molecule has 2 fully saturated rings. The SMILES string of the molecule is Cc1cc(F)c(S(=O)(=O)N2CCCC2C(=O)NC2CC2)cc1F. The first-order valence-electron chi connectivity index (χ1n) is 7.58. The number of amides is 1. The predicted molar refractivity (Wildman–Crippen MR) is 79.2 cm³/mol. The Bertz CT molecular complexity index is 747. The molecular formula is C15H18F2N2O3S. The summed E-state index contributed by atoms with van der Waals surface area (Å²) < 4.78 is 54.1. The summed E-state index contributed by atoms with van der Waals surface area (Å²) in [6.45, 7) is 1.48. The zero-order valence-corrected chi connectivity index (χ0v) is 13.5. The third-order valence-corrected chi connectivity index (χ3v) is 6.15.